The number of fused-ring (bicyclic) bond motifs is 1. The Balaban J connectivity index is 1.31. The van der Waals surface area contributed by atoms with Crippen LogP contribution in [0.5, 0.6) is 0 Å². The number of hydrogen-bond donors (Lipinski definition) is 2. The zero-order valence-electron chi connectivity index (χ0n) is 18.6. The van der Waals surface area contributed by atoms with E-state index in [9.17, 15) is 0 Å². The molecule has 6 rings (SSSR count). The number of H-pyrrole nitrogens is 1. The van der Waals surface area contributed by atoms with Crippen molar-refractivity contribution in [2.75, 3.05) is 13.1 Å². The van der Waals surface area contributed by atoms with Crippen LogP contribution in [0.15, 0.2) is 73.6 Å². The van der Waals surface area contributed by atoms with Crippen LogP contribution in [0.1, 0.15) is 37.4 Å². The Morgan fingerprint density at radius 1 is 0.939 bits per heavy atom. The molecule has 0 spiro atoms. The number of nitrogens with zero attached hydrogens (tertiary/aromatic N) is 5. The predicted octanol–water partition coefficient (Wildman–Crippen LogP) is 4.82. The van der Waals surface area contributed by atoms with Gasteiger partial charge in [-0.15, -0.1) is 0 Å². The van der Waals surface area contributed by atoms with Crippen molar-refractivity contribution in [2.24, 2.45) is 0 Å². The molecule has 0 aliphatic carbocycles. The lowest BCUT2D eigenvalue weighted by molar-refractivity contribution is 0.343. The van der Waals surface area contributed by atoms with Gasteiger partial charge in [-0.25, -0.2) is 4.98 Å². The van der Waals surface area contributed by atoms with Crippen molar-refractivity contribution in [1.82, 2.24) is 34.8 Å². The molecule has 33 heavy (non-hydrogen) atoms. The Labute approximate surface area is 192 Å². The second-order valence-corrected chi connectivity index (χ2v) is 8.81. The van der Waals surface area contributed by atoms with E-state index in [1.807, 2.05) is 35.5 Å². The van der Waals surface area contributed by atoms with Gasteiger partial charge in [0, 0.05) is 52.4 Å². The lowest BCUT2D eigenvalue weighted by Gasteiger charge is -2.22. The van der Waals surface area contributed by atoms with E-state index in [0.717, 1.165) is 59.2 Å². The summed E-state index contributed by atoms with van der Waals surface area (Å²) in [5.41, 5.74) is 6.48. The summed E-state index contributed by atoms with van der Waals surface area (Å²) in [6.45, 7) is 4.27. The molecule has 4 aromatic heterocycles. The highest BCUT2D eigenvalue weighted by Crippen LogP contribution is 2.32. The molecule has 2 N–H and O–H groups in total. The molecule has 1 unspecified atom stereocenters. The zero-order chi connectivity index (χ0) is 22.2. The molecule has 7 nitrogen and oxygen atoms in total. The molecular weight excluding hydrogens is 410 g/mol. The molecule has 0 amide bonds. The summed E-state index contributed by atoms with van der Waals surface area (Å²) in [5.74, 6) is 0. The van der Waals surface area contributed by atoms with E-state index in [-0.39, 0.29) is 6.04 Å². The minimum Gasteiger partial charge on any atom is -0.346 e. The fourth-order valence-electron chi connectivity index (χ4n) is 4.73. The summed E-state index contributed by atoms with van der Waals surface area (Å²) in [4.78, 5) is 8.00. The van der Waals surface area contributed by atoms with Gasteiger partial charge in [-0.3, -0.25) is 9.36 Å². The highest BCUT2D eigenvalue weighted by Gasteiger charge is 2.17. The molecule has 1 aliphatic heterocycles. The van der Waals surface area contributed by atoms with Crippen LogP contribution >= 0.6 is 0 Å². The van der Waals surface area contributed by atoms with Gasteiger partial charge in [0.15, 0.2) is 0 Å². The fraction of sp³-hybridized carbons (Fsp3) is 0.269. The van der Waals surface area contributed by atoms with Crippen molar-refractivity contribution in [2.45, 2.75) is 31.8 Å². The van der Waals surface area contributed by atoms with Crippen LogP contribution < -0.4 is 5.32 Å². The summed E-state index contributed by atoms with van der Waals surface area (Å²) >= 11 is 0. The van der Waals surface area contributed by atoms with E-state index >= 15 is 0 Å². The monoisotopic (exact) mass is 437 g/mol. The van der Waals surface area contributed by atoms with E-state index in [4.69, 9.17) is 0 Å². The molecule has 1 fully saturated rings. The minimum atomic E-state index is 0.166. The van der Waals surface area contributed by atoms with Gasteiger partial charge in [-0.1, -0.05) is 30.3 Å². The SMILES string of the molecule is CC(c1ccccc1)n1cc(-c2c[nH]c3ncc(-c4cnn(C5CCNCC5)c4)cc23)cn1. The Hall–Kier alpha value is -3.71. The maximum atomic E-state index is 4.69. The highest BCUT2D eigenvalue weighted by molar-refractivity contribution is 5.95. The number of rotatable bonds is 5. The number of aromatic nitrogens is 6. The second-order valence-electron chi connectivity index (χ2n) is 8.81. The number of aromatic amines is 1. The van der Waals surface area contributed by atoms with Crippen LogP contribution in [0.25, 0.3) is 33.3 Å². The van der Waals surface area contributed by atoms with Crippen LogP contribution in [0.4, 0.5) is 0 Å². The zero-order valence-corrected chi connectivity index (χ0v) is 18.6. The first-order valence-electron chi connectivity index (χ1n) is 11.6. The highest BCUT2D eigenvalue weighted by atomic mass is 15.3. The van der Waals surface area contributed by atoms with Crippen molar-refractivity contribution >= 4 is 11.0 Å². The largest absolute Gasteiger partial charge is 0.346 e. The molecule has 5 heterocycles. The lowest BCUT2D eigenvalue weighted by atomic mass is 10.1. The Kier molecular flexibility index (Phi) is 5.03. The second kappa shape index (κ2) is 8.33. The van der Waals surface area contributed by atoms with Crippen LogP contribution in [0.2, 0.25) is 0 Å². The maximum Gasteiger partial charge on any atom is 0.137 e. The first-order valence-corrected chi connectivity index (χ1v) is 11.6. The smallest absolute Gasteiger partial charge is 0.137 e. The average Bonchev–Trinajstić information content (AvgIpc) is 3.63. The Bertz CT molecular complexity index is 1370. The van der Waals surface area contributed by atoms with Gasteiger partial charge in [0.2, 0.25) is 0 Å². The third-order valence-corrected chi connectivity index (χ3v) is 6.74. The molecule has 1 aromatic carbocycles. The van der Waals surface area contributed by atoms with Crippen molar-refractivity contribution in [1.29, 1.82) is 0 Å². The number of hydrogen-bond acceptors (Lipinski definition) is 4. The summed E-state index contributed by atoms with van der Waals surface area (Å²) in [5, 5.41) is 13.8. The van der Waals surface area contributed by atoms with E-state index in [1.165, 1.54) is 5.56 Å². The van der Waals surface area contributed by atoms with Gasteiger partial charge in [-0.05, 0) is 44.5 Å². The normalized spacial score (nSPS) is 15.8. The summed E-state index contributed by atoms with van der Waals surface area (Å²) < 4.78 is 4.14. The molecule has 1 atom stereocenters. The fourth-order valence-corrected chi connectivity index (χ4v) is 4.73. The topological polar surface area (TPSA) is 76.3 Å². The van der Waals surface area contributed by atoms with E-state index in [0.29, 0.717) is 6.04 Å². The molecule has 7 heteroatoms. The first-order chi connectivity index (χ1) is 16.3. The number of piperidine rings is 1. The first kappa shape index (κ1) is 19.9. The number of pyridine rings is 1. The quantitative estimate of drug-likeness (QED) is 0.413. The van der Waals surface area contributed by atoms with Gasteiger partial charge in [0.05, 0.1) is 24.5 Å². The summed E-state index contributed by atoms with van der Waals surface area (Å²) in [6, 6.07) is 13.3. The lowest BCUT2D eigenvalue weighted by Crippen LogP contribution is -2.29. The van der Waals surface area contributed by atoms with Gasteiger partial charge in [0.25, 0.3) is 0 Å². The molecule has 1 aliphatic rings. The van der Waals surface area contributed by atoms with Crippen LogP contribution in [0.3, 0.4) is 0 Å². The van der Waals surface area contributed by atoms with E-state index in [2.05, 4.69) is 79.8 Å². The Morgan fingerprint density at radius 2 is 1.76 bits per heavy atom. The molecule has 166 valence electrons. The van der Waals surface area contributed by atoms with Gasteiger partial charge >= 0.3 is 0 Å². The number of nitrogens with one attached hydrogen (secondary N) is 2. The minimum absolute atomic E-state index is 0.166. The molecule has 0 radical (unpaired) electrons. The van der Waals surface area contributed by atoms with E-state index < -0.39 is 0 Å². The van der Waals surface area contributed by atoms with Crippen LogP contribution in [-0.2, 0) is 0 Å². The average molecular weight is 438 g/mol. The van der Waals surface area contributed by atoms with Gasteiger partial charge < -0.3 is 10.3 Å². The van der Waals surface area contributed by atoms with Crippen molar-refractivity contribution in [3.8, 4) is 22.3 Å². The van der Waals surface area contributed by atoms with Crippen molar-refractivity contribution < 1.29 is 0 Å². The third kappa shape index (κ3) is 3.74. The maximum absolute atomic E-state index is 4.69. The number of benzene rings is 1. The molecule has 0 saturated carbocycles. The summed E-state index contributed by atoms with van der Waals surface area (Å²) in [6.07, 6.45) is 14.3. The van der Waals surface area contributed by atoms with Crippen molar-refractivity contribution in [3.05, 3.63) is 79.1 Å². The summed E-state index contributed by atoms with van der Waals surface area (Å²) in [7, 11) is 0. The van der Waals surface area contributed by atoms with Gasteiger partial charge in [-0.2, -0.15) is 10.2 Å². The molecule has 5 aromatic rings. The molecular formula is C26H27N7. The third-order valence-electron chi connectivity index (χ3n) is 6.74. The predicted molar refractivity (Wildman–Crippen MR) is 130 cm³/mol. The molecule has 1 saturated heterocycles. The van der Waals surface area contributed by atoms with Gasteiger partial charge in [0.1, 0.15) is 5.65 Å². The standard InChI is InChI=1S/C26H27N7/c1-18(19-5-3-2-4-6-19)32-17-22(14-30-32)25-15-29-26-24(25)11-20(12-28-26)21-13-31-33(16-21)23-7-9-27-10-8-23/h2-6,11-18,23,27H,7-10H2,1H3,(H,28,29). The molecule has 0 bridgehead atoms. The van der Waals surface area contributed by atoms with Crippen molar-refractivity contribution in [3.63, 3.8) is 0 Å². The van der Waals surface area contributed by atoms with Crippen LogP contribution in [-0.4, -0.2) is 42.6 Å². The Morgan fingerprint density at radius 3 is 2.61 bits per heavy atom. The van der Waals surface area contributed by atoms with Crippen LogP contribution in [0, 0.1) is 0 Å². The van der Waals surface area contributed by atoms with E-state index in [1.54, 1.807) is 0 Å².